The third-order valence-electron chi connectivity index (χ3n) is 2.18. The first kappa shape index (κ1) is 12.4. The maximum atomic E-state index is 12.1. The average molecular weight is 287 g/mol. The van der Waals surface area contributed by atoms with Crippen molar-refractivity contribution in [1.82, 2.24) is 4.98 Å². The molecule has 0 N–H and O–H groups in total. The lowest BCUT2D eigenvalue weighted by molar-refractivity contribution is 0.103. The Bertz CT molecular complexity index is 584. The lowest BCUT2D eigenvalue weighted by atomic mass is 10.1. The van der Waals surface area contributed by atoms with Gasteiger partial charge in [0.25, 0.3) is 0 Å². The van der Waals surface area contributed by atoms with E-state index in [-0.39, 0.29) is 21.5 Å². The van der Waals surface area contributed by atoms with Gasteiger partial charge in [-0.3, -0.25) is 4.79 Å². The average Bonchev–Trinajstić information content (AvgIpc) is 2.29. The fraction of sp³-hybridized carbons (Fsp3) is 0. The zero-order valence-corrected chi connectivity index (χ0v) is 10.7. The maximum Gasteiger partial charge on any atom is 0.197 e. The van der Waals surface area contributed by atoms with Crippen LogP contribution in [-0.2, 0) is 0 Å². The Hall–Kier alpha value is -1.09. The number of halogens is 3. The molecule has 1 heterocycles. The summed E-state index contributed by atoms with van der Waals surface area (Å²) in [7, 11) is 0. The largest absolute Gasteiger partial charge is 0.288 e. The molecule has 0 aliphatic carbocycles. The van der Waals surface area contributed by atoms with E-state index in [0.29, 0.717) is 10.6 Å². The fourth-order valence-corrected chi connectivity index (χ4v) is 2.04. The summed E-state index contributed by atoms with van der Waals surface area (Å²) < 4.78 is 0. The van der Waals surface area contributed by atoms with Gasteiger partial charge in [0.05, 0.1) is 15.6 Å². The predicted octanol–water partition coefficient (Wildman–Crippen LogP) is 4.27. The lowest BCUT2D eigenvalue weighted by Crippen LogP contribution is -2.03. The minimum absolute atomic E-state index is 0.241. The second-order valence-electron chi connectivity index (χ2n) is 3.30. The number of rotatable bonds is 2. The second kappa shape index (κ2) is 5.05. The lowest BCUT2D eigenvalue weighted by Gasteiger charge is -2.05. The Morgan fingerprint density at radius 1 is 1.00 bits per heavy atom. The quantitative estimate of drug-likeness (QED) is 0.609. The van der Waals surface area contributed by atoms with E-state index in [1.54, 1.807) is 24.3 Å². The number of aromatic nitrogens is 1. The van der Waals surface area contributed by atoms with Crippen molar-refractivity contribution >= 4 is 40.6 Å². The number of carbonyl (C=O) groups excluding carboxylic acids is 1. The van der Waals surface area contributed by atoms with Crippen LogP contribution in [0.4, 0.5) is 0 Å². The molecule has 0 unspecified atom stereocenters. The molecule has 0 amide bonds. The van der Waals surface area contributed by atoms with Crippen LogP contribution in [0.2, 0.25) is 15.2 Å². The highest BCUT2D eigenvalue weighted by Crippen LogP contribution is 2.24. The highest BCUT2D eigenvalue weighted by molar-refractivity contribution is 6.39. The number of pyridine rings is 1. The molecule has 2 aromatic rings. The van der Waals surface area contributed by atoms with Crippen molar-refractivity contribution in [1.29, 1.82) is 0 Å². The van der Waals surface area contributed by atoms with Gasteiger partial charge in [0.1, 0.15) is 5.15 Å². The molecule has 0 bridgehead atoms. The van der Waals surface area contributed by atoms with E-state index in [0.717, 1.165) is 0 Å². The van der Waals surface area contributed by atoms with Crippen LogP contribution in [-0.4, -0.2) is 10.8 Å². The summed E-state index contributed by atoms with van der Waals surface area (Å²) in [6.07, 6.45) is 1.34. The van der Waals surface area contributed by atoms with Crippen LogP contribution in [0.15, 0.2) is 36.5 Å². The number of carbonyl (C=O) groups is 1. The molecule has 5 heteroatoms. The van der Waals surface area contributed by atoms with Gasteiger partial charge in [-0.05, 0) is 18.2 Å². The predicted molar refractivity (Wildman–Crippen MR) is 69.1 cm³/mol. The third-order valence-corrected chi connectivity index (χ3v) is 3.03. The van der Waals surface area contributed by atoms with Crippen molar-refractivity contribution in [2.75, 3.05) is 0 Å². The minimum atomic E-state index is -0.273. The Balaban J connectivity index is 2.48. The Morgan fingerprint density at radius 2 is 1.71 bits per heavy atom. The van der Waals surface area contributed by atoms with E-state index in [1.165, 1.54) is 12.3 Å². The van der Waals surface area contributed by atoms with E-state index in [9.17, 15) is 4.79 Å². The van der Waals surface area contributed by atoms with Crippen LogP contribution in [0, 0.1) is 0 Å². The normalized spacial score (nSPS) is 10.3. The molecule has 1 aromatic heterocycles. The molecule has 17 heavy (non-hydrogen) atoms. The van der Waals surface area contributed by atoms with Crippen LogP contribution >= 0.6 is 34.8 Å². The van der Waals surface area contributed by atoms with Gasteiger partial charge in [0, 0.05) is 11.8 Å². The minimum Gasteiger partial charge on any atom is -0.288 e. The zero-order valence-electron chi connectivity index (χ0n) is 8.45. The number of nitrogens with zero attached hydrogens (tertiary/aromatic N) is 1. The summed E-state index contributed by atoms with van der Waals surface area (Å²) in [6, 6.07) is 8.19. The standard InChI is InChI=1S/C12H6Cl3NO/c13-9-4-2-1-3-7(9)12(17)8-6-16-11(15)5-10(8)14/h1-6H. The molecular weight excluding hydrogens is 280 g/mol. The molecule has 1 aromatic carbocycles. The fourth-order valence-electron chi connectivity index (χ4n) is 1.36. The highest BCUT2D eigenvalue weighted by Gasteiger charge is 2.16. The molecule has 2 nitrogen and oxygen atoms in total. The van der Waals surface area contributed by atoms with Crippen LogP contribution in [0.25, 0.3) is 0 Å². The summed E-state index contributed by atoms with van der Waals surface area (Å²) in [4.78, 5) is 16.0. The topological polar surface area (TPSA) is 30.0 Å². The van der Waals surface area contributed by atoms with Crippen molar-refractivity contribution in [2.45, 2.75) is 0 Å². The molecule has 86 valence electrons. The Kier molecular flexibility index (Phi) is 3.67. The number of hydrogen-bond acceptors (Lipinski definition) is 2. The smallest absolute Gasteiger partial charge is 0.197 e. The molecule has 0 fully saturated rings. The summed E-state index contributed by atoms with van der Waals surface area (Å²) in [6.45, 7) is 0. The monoisotopic (exact) mass is 285 g/mol. The van der Waals surface area contributed by atoms with Crippen molar-refractivity contribution < 1.29 is 4.79 Å². The Labute approximate surface area is 113 Å². The van der Waals surface area contributed by atoms with Crippen LogP contribution < -0.4 is 0 Å². The maximum absolute atomic E-state index is 12.1. The van der Waals surface area contributed by atoms with E-state index < -0.39 is 0 Å². The first-order chi connectivity index (χ1) is 8.09. The number of benzene rings is 1. The van der Waals surface area contributed by atoms with Gasteiger partial charge in [-0.1, -0.05) is 46.9 Å². The van der Waals surface area contributed by atoms with E-state index >= 15 is 0 Å². The number of hydrogen-bond donors (Lipinski definition) is 0. The van der Waals surface area contributed by atoms with Crippen LogP contribution in [0.5, 0.6) is 0 Å². The van der Waals surface area contributed by atoms with Crippen molar-refractivity contribution in [3.05, 3.63) is 62.9 Å². The number of ketones is 1. The molecule has 0 aliphatic rings. The second-order valence-corrected chi connectivity index (χ2v) is 4.50. The van der Waals surface area contributed by atoms with Gasteiger partial charge >= 0.3 is 0 Å². The molecule has 0 radical (unpaired) electrons. The van der Waals surface area contributed by atoms with Gasteiger partial charge in [-0.15, -0.1) is 0 Å². The van der Waals surface area contributed by atoms with Crippen LogP contribution in [0.3, 0.4) is 0 Å². The van der Waals surface area contributed by atoms with Gasteiger partial charge < -0.3 is 0 Å². The molecular formula is C12H6Cl3NO. The van der Waals surface area contributed by atoms with Gasteiger partial charge in [0.15, 0.2) is 5.78 Å². The van der Waals surface area contributed by atoms with Gasteiger partial charge in [-0.2, -0.15) is 0 Å². The first-order valence-electron chi connectivity index (χ1n) is 4.70. The molecule has 0 aliphatic heterocycles. The van der Waals surface area contributed by atoms with Crippen molar-refractivity contribution in [2.24, 2.45) is 0 Å². The van der Waals surface area contributed by atoms with Gasteiger partial charge in [-0.25, -0.2) is 4.98 Å². The summed E-state index contributed by atoms with van der Waals surface area (Å²) in [5.41, 5.74) is 0.671. The highest BCUT2D eigenvalue weighted by atomic mass is 35.5. The van der Waals surface area contributed by atoms with Crippen LogP contribution in [0.1, 0.15) is 15.9 Å². The Morgan fingerprint density at radius 3 is 2.35 bits per heavy atom. The summed E-state index contributed by atoms with van der Waals surface area (Å²) in [5.74, 6) is -0.273. The zero-order chi connectivity index (χ0) is 12.4. The van der Waals surface area contributed by atoms with Crippen molar-refractivity contribution in [3.8, 4) is 0 Å². The molecule has 2 rings (SSSR count). The summed E-state index contributed by atoms with van der Waals surface area (Å²) >= 11 is 17.5. The third kappa shape index (κ3) is 2.60. The molecule has 0 atom stereocenters. The first-order valence-corrected chi connectivity index (χ1v) is 5.83. The van der Waals surface area contributed by atoms with E-state index in [1.807, 2.05) is 0 Å². The van der Waals surface area contributed by atoms with Gasteiger partial charge in [0.2, 0.25) is 0 Å². The molecule has 0 spiro atoms. The SMILES string of the molecule is O=C(c1ccccc1Cl)c1cnc(Cl)cc1Cl. The summed E-state index contributed by atoms with van der Waals surface area (Å²) in [5, 5.41) is 0.879. The molecule has 0 saturated heterocycles. The van der Waals surface area contributed by atoms with E-state index in [4.69, 9.17) is 34.8 Å². The molecule has 0 saturated carbocycles. The van der Waals surface area contributed by atoms with E-state index in [2.05, 4.69) is 4.98 Å². The van der Waals surface area contributed by atoms with Crippen molar-refractivity contribution in [3.63, 3.8) is 0 Å².